The van der Waals surface area contributed by atoms with Crippen molar-refractivity contribution in [1.29, 1.82) is 0 Å². The molecule has 1 fully saturated rings. The summed E-state index contributed by atoms with van der Waals surface area (Å²) in [4.78, 5) is 29.6. The minimum atomic E-state index is -0.254. The van der Waals surface area contributed by atoms with Gasteiger partial charge in [0.1, 0.15) is 6.04 Å². The third-order valence-corrected chi connectivity index (χ3v) is 5.24. The summed E-state index contributed by atoms with van der Waals surface area (Å²) < 4.78 is 0. The Labute approximate surface area is 157 Å². The van der Waals surface area contributed by atoms with Gasteiger partial charge in [-0.1, -0.05) is 37.3 Å². The van der Waals surface area contributed by atoms with E-state index in [-0.39, 0.29) is 23.8 Å². The van der Waals surface area contributed by atoms with E-state index in [2.05, 4.69) is 17.1 Å². The number of rotatable bonds is 8. The van der Waals surface area contributed by atoms with E-state index in [1.165, 1.54) is 0 Å². The normalized spacial score (nSPS) is 16.9. The third-order valence-electron chi connectivity index (χ3n) is 5.24. The van der Waals surface area contributed by atoms with Crippen LogP contribution in [-0.2, 0) is 9.59 Å². The van der Waals surface area contributed by atoms with E-state index in [4.69, 9.17) is 0 Å². The molecule has 1 saturated heterocycles. The number of likely N-dealkylation sites (tertiary alicyclic amines) is 1. The first kappa shape index (κ1) is 20.4. The molecule has 2 amide bonds. The molecule has 1 heterocycles. The lowest BCUT2D eigenvalue weighted by atomic mass is 9.93. The van der Waals surface area contributed by atoms with Crippen LogP contribution in [-0.4, -0.2) is 54.3 Å². The SMILES string of the molecule is CCCNC(=O)C1CCN(C(C(=O)N(CC)CC)c2ccccc2)CC1. The average molecular weight is 360 g/mol. The van der Waals surface area contributed by atoms with E-state index in [1.54, 1.807) is 0 Å². The molecule has 1 aliphatic heterocycles. The van der Waals surface area contributed by atoms with Crippen LogP contribution in [0.25, 0.3) is 0 Å². The molecule has 1 aromatic carbocycles. The fourth-order valence-electron chi connectivity index (χ4n) is 3.67. The van der Waals surface area contributed by atoms with E-state index < -0.39 is 0 Å². The van der Waals surface area contributed by atoms with Crippen molar-refractivity contribution in [3.05, 3.63) is 35.9 Å². The summed E-state index contributed by atoms with van der Waals surface area (Å²) in [6, 6.07) is 9.77. The summed E-state index contributed by atoms with van der Waals surface area (Å²) in [7, 11) is 0. The monoisotopic (exact) mass is 359 g/mol. The molecule has 0 spiro atoms. The van der Waals surface area contributed by atoms with Crippen LogP contribution in [0, 0.1) is 5.92 Å². The Balaban J connectivity index is 2.10. The fourth-order valence-corrected chi connectivity index (χ4v) is 3.67. The largest absolute Gasteiger partial charge is 0.356 e. The number of nitrogens with one attached hydrogen (secondary N) is 1. The molecule has 0 aromatic heterocycles. The van der Waals surface area contributed by atoms with E-state index in [1.807, 2.05) is 49.1 Å². The highest BCUT2D eigenvalue weighted by molar-refractivity contribution is 5.83. The van der Waals surface area contributed by atoms with E-state index in [0.29, 0.717) is 13.1 Å². The highest BCUT2D eigenvalue weighted by Crippen LogP contribution is 2.28. The second-order valence-corrected chi connectivity index (χ2v) is 6.93. The zero-order valence-electron chi connectivity index (χ0n) is 16.4. The Morgan fingerprint density at radius 3 is 2.27 bits per heavy atom. The lowest BCUT2D eigenvalue weighted by molar-refractivity contribution is -0.138. The number of hydrogen-bond donors (Lipinski definition) is 1. The number of piperidine rings is 1. The summed E-state index contributed by atoms with van der Waals surface area (Å²) in [5, 5.41) is 3.00. The fraction of sp³-hybridized carbons (Fsp3) is 0.619. The molecule has 1 N–H and O–H groups in total. The molecule has 0 radical (unpaired) electrons. The zero-order valence-corrected chi connectivity index (χ0v) is 16.4. The number of nitrogens with zero attached hydrogens (tertiary/aromatic N) is 2. The van der Waals surface area contributed by atoms with E-state index >= 15 is 0 Å². The second-order valence-electron chi connectivity index (χ2n) is 6.93. The van der Waals surface area contributed by atoms with Crippen LogP contribution in [0.5, 0.6) is 0 Å². The Morgan fingerprint density at radius 2 is 1.73 bits per heavy atom. The Hall–Kier alpha value is -1.88. The van der Waals surface area contributed by atoms with Gasteiger partial charge in [0.2, 0.25) is 11.8 Å². The highest BCUT2D eigenvalue weighted by atomic mass is 16.2. The van der Waals surface area contributed by atoms with Crippen LogP contribution in [0.4, 0.5) is 0 Å². The van der Waals surface area contributed by atoms with Gasteiger partial charge in [-0.25, -0.2) is 0 Å². The van der Waals surface area contributed by atoms with E-state index in [0.717, 1.165) is 44.5 Å². The molecule has 0 saturated carbocycles. The molecule has 26 heavy (non-hydrogen) atoms. The molecule has 1 atom stereocenters. The predicted octanol–water partition coefficient (Wildman–Crippen LogP) is 2.83. The maximum absolute atomic E-state index is 13.2. The van der Waals surface area contributed by atoms with Crippen LogP contribution in [0.15, 0.2) is 30.3 Å². The molecule has 0 aliphatic carbocycles. The van der Waals surface area contributed by atoms with Crippen molar-refractivity contribution in [3.8, 4) is 0 Å². The molecule has 5 nitrogen and oxygen atoms in total. The van der Waals surface area contributed by atoms with Crippen molar-refractivity contribution in [1.82, 2.24) is 15.1 Å². The molecule has 0 bridgehead atoms. The Morgan fingerprint density at radius 1 is 1.12 bits per heavy atom. The van der Waals surface area contributed by atoms with Crippen LogP contribution in [0.1, 0.15) is 51.6 Å². The molecule has 1 unspecified atom stereocenters. The molecule has 5 heteroatoms. The number of carbonyl (C=O) groups excluding carboxylic acids is 2. The van der Waals surface area contributed by atoms with Crippen molar-refractivity contribution in [2.45, 2.75) is 46.1 Å². The van der Waals surface area contributed by atoms with Gasteiger partial charge in [-0.15, -0.1) is 0 Å². The van der Waals surface area contributed by atoms with Crippen molar-refractivity contribution in [2.24, 2.45) is 5.92 Å². The summed E-state index contributed by atoms with van der Waals surface area (Å²) in [5.41, 5.74) is 1.04. The van der Waals surface area contributed by atoms with Crippen molar-refractivity contribution in [3.63, 3.8) is 0 Å². The van der Waals surface area contributed by atoms with Crippen molar-refractivity contribution < 1.29 is 9.59 Å². The lowest BCUT2D eigenvalue weighted by Gasteiger charge is -2.38. The lowest BCUT2D eigenvalue weighted by Crippen LogP contribution is -2.47. The number of benzene rings is 1. The van der Waals surface area contributed by atoms with E-state index in [9.17, 15) is 9.59 Å². The maximum atomic E-state index is 13.2. The second kappa shape index (κ2) is 10.3. The first-order valence-corrected chi connectivity index (χ1v) is 9.97. The average Bonchev–Trinajstić information content (AvgIpc) is 2.68. The molecule has 2 rings (SSSR count). The van der Waals surface area contributed by atoms with Crippen LogP contribution in [0.2, 0.25) is 0 Å². The molecule has 1 aromatic rings. The van der Waals surface area contributed by atoms with Crippen LogP contribution < -0.4 is 5.32 Å². The first-order valence-electron chi connectivity index (χ1n) is 9.97. The van der Waals surface area contributed by atoms with Crippen molar-refractivity contribution >= 4 is 11.8 Å². The van der Waals surface area contributed by atoms with Gasteiger partial charge < -0.3 is 10.2 Å². The van der Waals surface area contributed by atoms with Gasteiger partial charge in [-0.2, -0.15) is 0 Å². The summed E-state index contributed by atoms with van der Waals surface area (Å²) in [6.45, 7) is 9.83. The molecule has 144 valence electrons. The van der Waals surface area contributed by atoms with Gasteiger partial charge in [0.25, 0.3) is 0 Å². The highest BCUT2D eigenvalue weighted by Gasteiger charge is 2.34. The number of amides is 2. The van der Waals surface area contributed by atoms with Crippen molar-refractivity contribution in [2.75, 3.05) is 32.7 Å². The van der Waals surface area contributed by atoms with Gasteiger partial charge in [0.05, 0.1) is 0 Å². The van der Waals surface area contributed by atoms with Gasteiger partial charge in [-0.05, 0) is 51.8 Å². The topological polar surface area (TPSA) is 52.7 Å². The summed E-state index contributed by atoms with van der Waals surface area (Å²) >= 11 is 0. The predicted molar refractivity (Wildman–Crippen MR) is 105 cm³/mol. The van der Waals surface area contributed by atoms with Crippen LogP contribution >= 0.6 is 0 Å². The number of likely N-dealkylation sites (N-methyl/N-ethyl adjacent to an activating group) is 1. The smallest absolute Gasteiger partial charge is 0.244 e. The zero-order chi connectivity index (χ0) is 18.9. The quantitative estimate of drug-likeness (QED) is 0.776. The molecular formula is C21H33N3O2. The van der Waals surface area contributed by atoms with Crippen LogP contribution in [0.3, 0.4) is 0 Å². The summed E-state index contributed by atoms with van der Waals surface area (Å²) in [5.74, 6) is 0.394. The summed E-state index contributed by atoms with van der Waals surface area (Å²) in [6.07, 6.45) is 2.58. The third kappa shape index (κ3) is 5.07. The standard InChI is InChI=1S/C21H33N3O2/c1-4-14-22-20(25)18-12-15-24(16-13-18)19(17-10-8-7-9-11-17)21(26)23(5-2)6-3/h7-11,18-19H,4-6,12-16H2,1-3H3,(H,22,25). The number of hydrogen-bond acceptors (Lipinski definition) is 3. The number of carbonyl (C=O) groups is 2. The van der Waals surface area contributed by atoms with Gasteiger partial charge in [-0.3, -0.25) is 14.5 Å². The van der Waals surface area contributed by atoms with Gasteiger partial charge in [0, 0.05) is 25.6 Å². The minimum Gasteiger partial charge on any atom is -0.356 e. The molecular weight excluding hydrogens is 326 g/mol. The van der Waals surface area contributed by atoms with Gasteiger partial charge >= 0.3 is 0 Å². The minimum absolute atomic E-state index is 0.0674. The van der Waals surface area contributed by atoms with Gasteiger partial charge in [0.15, 0.2) is 0 Å². The Bertz CT molecular complexity index is 564. The molecule has 1 aliphatic rings. The maximum Gasteiger partial charge on any atom is 0.244 e. The Kier molecular flexibility index (Phi) is 8.10. The first-order chi connectivity index (χ1) is 12.6.